The Kier molecular flexibility index (Phi) is 8.54. The molecule has 1 aliphatic carbocycles. The van der Waals surface area contributed by atoms with E-state index in [0.29, 0.717) is 19.1 Å². The number of rotatable bonds is 7. The summed E-state index contributed by atoms with van der Waals surface area (Å²) in [6.45, 7) is -2.47. The summed E-state index contributed by atoms with van der Waals surface area (Å²) in [5.74, 6) is -1.90. The summed E-state index contributed by atoms with van der Waals surface area (Å²) in [7, 11) is 0. The molecular formula is C23H15BrClF10N5O. The lowest BCUT2D eigenvalue weighted by atomic mass is 10.0. The summed E-state index contributed by atoms with van der Waals surface area (Å²) in [4.78, 5) is 16.2. The lowest BCUT2D eigenvalue weighted by Crippen LogP contribution is -2.51. The molecule has 1 saturated carbocycles. The van der Waals surface area contributed by atoms with Crippen LogP contribution in [0.25, 0.3) is 5.57 Å². The molecule has 2 aromatic rings. The molecule has 1 aromatic carbocycles. The van der Waals surface area contributed by atoms with E-state index in [4.69, 9.17) is 17.3 Å². The van der Waals surface area contributed by atoms with Crippen molar-refractivity contribution in [1.82, 2.24) is 9.88 Å². The fourth-order valence-corrected chi connectivity index (χ4v) is 4.35. The number of nitrogens with zero attached hydrogens (tertiary/aromatic N) is 3. The van der Waals surface area contributed by atoms with Crippen LogP contribution in [-0.4, -0.2) is 40.8 Å². The van der Waals surface area contributed by atoms with Gasteiger partial charge < -0.3 is 15.6 Å². The zero-order chi connectivity index (χ0) is 31.2. The third kappa shape index (κ3) is 6.48. The molecule has 1 fully saturated rings. The van der Waals surface area contributed by atoms with Gasteiger partial charge in [0.05, 0.1) is 26.8 Å². The van der Waals surface area contributed by atoms with E-state index < -0.39 is 62.7 Å². The molecule has 0 unspecified atom stereocenters. The highest BCUT2D eigenvalue weighted by molar-refractivity contribution is 9.10. The Morgan fingerprint density at radius 3 is 2.17 bits per heavy atom. The summed E-state index contributed by atoms with van der Waals surface area (Å²) in [6, 6.07) is 5.49. The summed E-state index contributed by atoms with van der Waals surface area (Å²) in [5.41, 5.74) is -4.41. The smallest absolute Gasteiger partial charge is 0.404 e. The number of aliphatic imine (C=N–C) groups is 1. The zero-order valence-corrected chi connectivity index (χ0v) is 22.3. The largest absolute Gasteiger partial charge is 0.437 e. The summed E-state index contributed by atoms with van der Waals surface area (Å²) >= 11 is 8.62. The first-order chi connectivity index (χ1) is 18.7. The fraction of sp³-hybridized carbons (Fsp3) is 0.348. The highest BCUT2D eigenvalue weighted by Crippen LogP contribution is 2.55. The van der Waals surface area contributed by atoms with Gasteiger partial charge in [-0.2, -0.15) is 44.8 Å². The molecule has 1 amide bonds. The molecule has 6 nitrogen and oxygen atoms in total. The van der Waals surface area contributed by atoms with Gasteiger partial charge in [-0.05, 0) is 52.5 Å². The lowest BCUT2D eigenvalue weighted by molar-refractivity contribution is -0.351. The van der Waals surface area contributed by atoms with Crippen molar-refractivity contribution < 1.29 is 48.7 Å². The van der Waals surface area contributed by atoms with Crippen molar-refractivity contribution in [2.75, 3.05) is 0 Å². The lowest BCUT2D eigenvalue weighted by Gasteiger charge is -2.31. The molecule has 18 heteroatoms. The van der Waals surface area contributed by atoms with Crippen LogP contribution in [0.4, 0.5) is 49.7 Å². The highest BCUT2D eigenvalue weighted by atomic mass is 79.9. The van der Waals surface area contributed by atoms with E-state index in [9.17, 15) is 54.0 Å². The van der Waals surface area contributed by atoms with E-state index >= 15 is 0 Å². The summed E-state index contributed by atoms with van der Waals surface area (Å²) in [6.07, 6.45) is -16.5. The fourth-order valence-electron chi connectivity index (χ4n) is 3.61. The standard InChI is InChI=1S/C23H15BrClF10N5O/c24-14-6-16(21(29,22(30,31)32)23(33,34)35)40(10-20(26,27)28)17(14)38-8-12(7-36)11-1-2-15(25)13(5-11)18(41)39-19(9-37)3-4-19/h1-2,5-8H,3-4,10,36H2,(H,39,41). The van der Waals surface area contributed by atoms with Gasteiger partial charge in [-0.3, -0.25) is 4.79 Å². The highest BCUT2D eigenvalue weighted by Gasteiger charge is 2.75. The van der Waals surface area contributed by atoms with Gasteiger partial charge in [0.2, 0.25) is 0 Å². The number of aromatic nitrogens is 1. The number of nitrogens with two attached hydrogens (primary N) is 1. The predicted octanol–water partition coefficient (Wildman–Crippen LogP) is 7.24. The van der Waals surface area contributed by atoms with Gasteiger partial charge in [0.25, 0.3) is 5.91 Å². The van der Waals surface area contributed by atoms with Crippen molar-refractivity contribution >= 4 is 51.0 Å². The SMILES string of the molecule is N#CC1(NC(=O)c2cc(C(C=Nc3c(Br)cc(C(F)(C(F)(F)F)C(F)(F)F)n3CC(F)(F)F)=CN)ccc2Cl)CC1. The summed E-state index contributed by atoms with van der Waals surface area (Å²) in [5, 5.41) is 11.6. The maximum atomic E-state index is 14.8. The van der Waals surface area contributed by atoms with Crippen LogP contribution < -0.4 is 11.1 Å². The zero-order valence-electron chi connectivity index (χ0n) is 19.9. The molecule has 1 heterocycles. The molecular weight excluding hydrogens is 668 g/mol. The third-order valence-electron chi connectivity index (χ3n) is 5.86. The molecule has 0 saturated heterocycles. The predicted molar refractivity (Wildman–Crippen MR) is 130 cm³/mol. The van der Waals surface area contributed by atoms with Crippen molar-refractivity contribution in [2.45, 2.75) is 49.1 Å². The van der Waals surface area contributed by atoms with E-state index in [2.05, 4.69) is 26.2 Å². The van der Waals surface area contributed by atoms with Crippen LogP contribution in [-0.2, 0) is 12.2 Å². The normalized spacial score (nSPS) is 16.1. The Hall–Kier alpha value is -3.26. The molecule has 0 spiro atoms. The van der Waals surface area contributed by atoms with Crippen molar-refractivity contribution in [3.05, 3.63) is 56.8 Å². The van der Waals surface area contributed by atoms with E-state index in [1.165, 1.54) is 12.1 Å². The molecule has 1 aromatic heterocycles. The van der Waals surface area contributed by atoms with Gasteiger partial charge in [-0.25, -0.2) is 9.38 Å². The van der Waals surface area contributed by atoms with E-state index in [1.807, 2.05) is 6.07 Å². The van der Waals surface area contributed by atoms with Crippen molar-refractivity contribution in [2.24, 2.45) is 10.7 Å². The minimum absolute atomic E-state index is 0.0447. The first-order valence-corrected chi connectivity index (χ1v) is 12.1. The minimum atomic E-state index is -6.69. The van der Waals surface area contributed by atoms with Crippen LogP contribution in [0.1, 0.15) is 34.5 Å². The Morgan fingerprint density at radius 1 is 1.12 bits per heavy atom. The van der Waals surface area contributed by atoms with E-state index in [0.717, 1.165) is 12.3 Å². The van der Waals surface area contributed by atoms with E-state index in [-0.39, 0.29) is 27.8 Å². The van der Waals surface area contributed by atoms with Crippen LogP contribution in [0.3, 0.4) is 0 Å². The van der Waals surface area contributed by atoms with Gasteiger partial charge in [-0.1, -0.05) is 17.7 Å². The van der Waals surface area contributed by atoms with Gasteiger partial charge in [0.15, 0.2) is 0 Å². The third-order valence-corrected chi connectivity index (χ3v) is 6.77. The number of allylic oxidation sites excluding steroid dienone is 1. The second kappa shape index (κ2) is 10.9. The second-order valence-corrected chi connectivity index (χ2v) is 10.0. The Morgan fingerprint density at radius 2 is 1.71 bits per heavy atom. The molecule has 222 valence electrons. The Balaban J connectivity index is 2.10. The number of carbonyl (C=O) groups is 1. The van der Waals surface area contributed by atoms with Crippen LogP contribution in [0.5, 0.6) is 0 Å². The Labute approximate surface area is 237 Å². The molecule has 0 atom stereocenters. The van der Waals surface area contributed by atoms with Crippen molar-refractivity contribution in [3.8, 4) is 6.07 Å². The number of amides is 1. The van der Waals surface area contributed by atoms with Gasteiger partial charge in [0, 0.05) is 18.0 Å². The van der Waals surface area contributed by atoms with Crippen LogP contribution in [0.2, 0.25) is 5.02 Å². The molecule has 3 N–H and O–H groups in total. The molecule has 41 heavy (non-hydrogen) atoms. The quantitative estimate of drug-likeness (QED) is 0.238. The number of alkyl halides is 10. The van der Waals surface area contributed by atoms with Crippen LogP contribution >= 0.6 is 27.5 Å². The Bertz CT molecular complexity index is 1430. The molecule has 0 bridgehead atoms. The van der Waals surface area contributed by atoms with Gasteiger partial charge in [-0.15, -0.1) is 0 Å². The first kappa shape index (κ1) is 32.3. The van der Waals surface area contributed by atoms with Gasteiger partial charge >= 0.3 is 24.2 Å². The molecule has 0 radical (unpaired) electrons. The van der Waals surface area contributed by atoms with Gasteiger partial charge in [0.1, 0.15) is 17.9 Å². The number of hydrogen-bond donors (Lipinski definition) is 2. The first-order valence-electron chi connectivity index (χ1n) is 11.0. The van der Waals surface area contributed by atoms with Crippen molar-refractivity contribution in [1.29, 1.82) is 5.26 Å². The second-order valence-electron chi connectivity index (χ2n) is 8.78. The van der Waals surface area contributed by atoms with Crippen LogP contribution in [0, 0.1) is 11.3 Å². The van der Waals surface area contributed by atoms with Crippen LogP contribution in [0.15, 0.2) is 39.9 Å². The van der Waals surface area contributed by atoms with Crippen molar-refractivity contribution in [3.63, 3.8) is 0 Å². The topological polar surface area (TPSA) is 96.2 Å². The van der Waals surface area contributed by atoms with E-state index in [1.54, 1.807) is 0 Å². The maximum Gasteiger partial charge on any atom is 0.437 e. The number of halogens is 12. The monoisotopic (exact) mass is 681 g/mol. The average molecular weight is 683 g/mol. The number of carbonyl (C=O) groups excluding carboxylic acids is 1. The number of nitrogens with one attached hydrogen (secondary N) is 1. The molecule has 0 aliphatic heterocycles. The number of nitriles is 1. The average Bonchev–Trinajstić information content (AvgIpc) is 3.55. The molecule has 3 rings (SSSR count). The number of benzene rings is 1. The maximum absolute atomic E-state index is 14.8. The number of hydrogen-bond acceptors (Lipinski definition) is 4. The minimum Gasteiger partial charge on any atom is -0.404 e. The summed E-state index contributed by atoms with van der Waals surface area (Å²) < 4.78 is 133. The molecule has 1 aliphatic rings.